The van der Waals surface area contributed by atoms with Gasteiger partial charge in [0.05, 0.1) is 5.52 Å². The molecule has 4 rings (SSSR count). The molecular formula is C18H14BrN. The number of fused-ring (bicyclic) bond motifs is 5. The number of aromatic nitrogens is 1. The van der Waals surface area contributed by atoms with Crippen LogP contribution in [0.25, 0.3) is 32.6 Å². The smallest absolute Gasteiger partial charge is 0.0568 e. The van der Waals surface area contributed by atoms with Gasteiger partial charge < -0.3 is 4.57 Å². The second kappa shape index (κ2) is 4.10. The van der Waals surface area contributed by atoms with Crippen molar-refractivity contribution in [1.29, 1.82) is 0 Å². The largest absolute Gasteiger partial charge is 0.343 e. The maximum Gasteiger partial charge on any atom is 0.0568 e. The van der Waals surface area contributed by atoms with E-state index in [0.29, 0.717) is 0 Å². The molecule has 3 aromatic carbocycles. The quantitative estimate of drug-likeness (QED) is 0.399. The number of aryl methyl sites for hydroxylation is 2. The summed E-state index contributed by atoms with van der Waals surface area (Å²) >= 11 is 3.59. The second-order valence-electron chi connectivity index (χ2n) is 5.36. The predicted molar refractivity (Wildman–Crippen MR) is 90.4 cm³/mol. The first-order valence-electron chi connectivity index (χ1n) is 6.73. The van der Waals surface area contributed by atoms with Gasteiger partial charge >= 0.3 is 0 Å². The van der Waals surface area contributed by atoms with Crippen LogP contribution in [0, 0.1) is 6.92 Å². The molecule has 2 heteroatoms. The molecular weight excluding hydrogens is 310 g/mol. The Bertz CT molecular complexity index is 979. The number of halogens is 1. The van der Waals surface area contributed by atoms with Crippen LogP contribution in [0.4, 0.5) is 0 Å². The van der Waals surface area contributed by atoms with Gasteiger partial charge in [-0.05, 0) is 42.1 Å². The van der Waals surface area contributed by atoms with Crippen molar-refractivity contribution in [3.8, 4) is 0 Å². The molecule has 0 unspecified atom stereocenters. The molecule has 0 amide bonds. The maximum absolute atomic E-state index is 3.59. The highest BCUT2D eigenvalue weighted by atomic mass is 79.9. The standard InChI is InChI=1S/C18H14BrN/c1-11-9-16-15-10-12(19)7-8-17(15)20(2)18(16)14-6-4-3-5-13(11)14/h3-10H,1-2H3. The molecule has 0 bridgehead atoms. The van der Waals surface area contributed by atoms with E-state index < -0.39 is 0 Å². The Morgan fingerprint density at radius 2 is 1.60 bits per heavy atom. The Morgan fingerprint density at radius 1 is 0.850 bits per heavy atom. The lowest BCUT2D eigenvalue weighted by Crippen LogP contribution is -1.88. The first kappa shape index (κ1) is 12.0. The molecule has 0 fully saturated rings. The summed E-state index contributed by atoms with van der Waals surface area (Å²) in [6.07, 6.45) is 0. The summed E-state index contributed by atoms with van der Waals surface area (Å²) in [7, 11) is 2.15. The number of benzene rings is 3. The zero-order chi connectivity index (χ0) is 13.9. The Kier molecular flexibility index (Phi) is 2.45. The zero-order valence-corrected chi connectivity index (χ0v) is 13.0. The predicted octanol–water partition coefficient (Wildman–Crippen LogP) is 5.56. The third kappa shape index (κ3) is 1.49. The minimum absolute atomic E-state index is 1.13. The van der Waals surface area contributed by atoms with E-state index in [1.807, 2.05) is 0 Å². The molecule has 0 aliphatic rings. The van der Waals surface area contributed by atoms with Gasteiger partial charge in [0.25, 0.3) is 0 Å². The van der Waals surface area contributed by atoms with Crippen molar-refractivity contribution >= 4 is 48.5 Å². The van der Waals surface area contributed by atoms with Gasteiger partial charge in [0, 0.05) is 33.2 Å². The van der Waals surface area contributed by atoms with E-state index in [4.69, 9.17) is 0 Å². The van der Waals surface area contributed by atoms with E-state index in [1.54, 1.807) is 0 Å². The highest BCUT2D eigenvalue weighted by molar-refractivity contribution is 9.10. The zero-order valence-electron chi connectivity index (χ0n) is 11.4. The lowest BCUT2D eigenvalue weighted by molar-refractivity contribution is 1.02. The van der Waals surface area contributed by atoms with E-state index in [0.717, 1.165) is 4.47 Å². The fourth-order valence-electron chi connectivity index (χ4n) is 3.24. The molecule has 0 atom stereocenters. The van der Waals surface area contributed by atoms with Gasteiger partial charge in [-0.15, -0.1) is 0 Å². The van der Waals surface area contributed by atoms with Crippen molar-refractivity contribution in [2.24, 2.45) is 7.05 Å². The van der Waals surface area contributed by atoms with Gasteiger partial charge in [-0.25, -0.2) is 0 Å². The molecule has 1 nitrogen and oxygen atoms in total. The minimum atomic E-state index is 1.13. The normalized spacial score (nSPS) is 11.8. The van der Waals surface area contributed by atoms with Gasteiger partial charge in [0.1, 0.15) is 0 Å². The monoisotopic (exact) mass is 323 g/mol. The first-order valence-corrected chi connectivity index (χ1v) is 7.52. The van der Waals surface area contributed by atoms with E-state index in [2.05, 4.69) is 83.0 Å². The molecule has 98 valence electrons. The van der Waals surface area contributed by atoms with Crippen LogP contribution in [-0.2, 0) is 7.05 Å². The molecule has 20 heavy (non-hydrogen) atoms. The van der Waals surface area contributed by atoms with Crippen molar-refractivity contribution in [2.75, 3.05) is 0 Å². The van der Waals surface area contributed by atoms with Crippen LogP contribution in [0.3, 0.4) is 0 Å². The van der Waals surface area contributed by atoms with Crippen molar-refractivity contribution in [2.45, 2.75) is 6.92 Å². The van der Waals surface area contributed by atoms with Crippen LogP contribution >= 0.6 is 15.9 Å². The second-order valence-corrected chi connectivity index (χ2v) is 6.27. The number of rotatable bonds is 0. The summed E-state index contributed by atoms with van der Waals surface area (Å²) in [4.78, 5) is 0. The lowest BCUT2D eigenvalue weighted by Gasteiger charge is -2.06. The van der Waals surface area contributed by atoms with Gasteiger partial charge in [-0.2, -0.15) is 0 Å². The van der Waals surface area contributed by atoms with Crippen LogP contribution in [0.5, 0.6) is 0 Å². The summed E-state index contributed by atoms with van der Waals surface area (Å²) in [5.41, 5.74) is 3.93. The van der Waals surface area contributed by atoms with Crippen LogP contribution < -0.4 is 0 Å². The third-order valence-corrected chi connectivity index (χ3v) is 4.66. The molecule has 4 aromatic rings. The van der Waals surface area contributed by atoms with E-state index in [1.165, 1.54) is 38.1 Å². The van der Waals surface area contributed by atoms with Gasteiger partial charge in [0.15, 0.2) is 0 Å². The van der Waals surface area contributed by atoms with Gasteiger partial charge in [0.2, 0.25) is 0 Å². The molecule has 1 heterocycles. The third-order valence-electron chi connectivity index (χ3n) is 4.17. The summed E-state index contributed by atoms with van der Waals surface area (Å²) < 4.78 is 3.43. The van der Waals surface area contributed by atoms with Crippen molar-refractivity contribution in [3.05, 3.63) is 58.6 Å². The Morgan fingerprint density at radius 3 is 2.40 bits per heavy atom. The lowest BCUT2D eigenvalue weighted by atomic mass is 10.0. The van der Waals surface area contributed by atoms with Crippen LogP contribution in [0.15, 0.2) is 53.0 Å². The fraction of sp³-hybridized carbons (Fsp3) is 0.111. The highest BCUT2D eigenvalue weighted by Gasteiger charge is 2.12. The van der Waals surface area contributed by atoms with E-state index in [-0.39, 0.29) is 0 Å². The van der Waals surface area contributed by atoms with E-state index >= 15 is 0 Å². The molecule has 0 N–H and O–H groups in total. The first-order chi connectivity index (χ1) is 9.66. The van der Waals surface area contributed by atoms with Crippen molar-refractivity contribution < 1.29 is 0 Å². The van der Waals surface area contributed by atoms with Gasteiger partial charge in [-0.3, -0.25) is 0 Å². The topological polar surface area (TPSA) is 4.93 Å². The molecule has 0 saturated carbocycles. The molecule has 0 aliphatic heterocycles. The Hall–Kier alpha value is -1.80. The van der Waals surface area contributed by atoms with Crippen LogP contribution in [0.2, 0.25) is 0 Å². The summed E-state index contributed by atoms with van der Waals surface area (Å²) in [6.45, 7) is 2.19. The Balaban J connectivity index is 2.38. The molecule has 0 radical (unpaired) electrons. The minimum Gasteiger partial charge on any atom is -0.343 e. The SMILES string of the molecule is Cc1cc2c3cc(Br)ccc3n(C)c2c2ccccc12. The van der Waals surface area contributed by atoms with E-state index in [9.17, 15) is 0 Å². The van der Waals surface area contributed by atoms with Crippen molar-refractivity contribution in [1.82, 2.24) is 4.57 Å². The average molecular weight is 324 g/mol. The maximum atomic E-state index is 3.59. The van der Waals surface area contributed by atoms with Crippen LogP contribution in [-0.4, -0.2) is 4.57 Å². The van der Waals surface area contributed by atoms with Gasteiger partial charge in [-0.1, -0.05) is 40.2 Å². The Labute approximate surface area is 125 Å². The van der Waals surface area contributed by atoms with Crippen molar-refractivity contribution in [3.63, 3.8) is 0 Å². The summed E-state index contributed by atoms with van der Waals surface area (Å²) in [5.74, 6) is 0. The fourth-order valence-corrected chi connectivity index (χ4v) is 3.61. The number of nitrogens with zero attached hydrogens (tertiary/aromatic N) is 1. The average Bonchev–Trinajstić information content (AvgIpc) is 2.72. The molecule has 0 aliphatic carbocycles. The molecule has 1 aromatic heterocycles. The molecule has 0 saturated heterocycles. The number of hydrogen-bond donors (Lipinski definition) is 0. The summed E-state index contributed by atoms with van der Waals surface area (Å²) in [6, 6.07) is 17.5. The van der Waals surface area contributed by atoms with Crippen LogP contribution in [0.1, 0.15) is 5.56 Å². The molecule has 0 spiro atoms. The number of hydrogen-bond acceptors (Lipinski definition) is 0. The highest BCUT2D eigenvalue weighted by Crippen LogP contribution is 2.36. The summed E-state index contributed by atoms with van der Waals surface area (Å²) in [5, 5.41) is 5.31.